The Morgan fingerprint density at radius 3 is 2.54 bits per heavy atom. The van der Waals surface area contributed by atoms with E-state index in [1.54, 1.807) is 18.2 Å². The van der Waals surface area contributed by atoms with Crippen molar-refractivity contribution in [2.45, 2.75) is 37.0 Å². The van der Waals surface area contributed by atoms with Crippen molar-refractivity contribution in [1.29, 1.82) is 0 Å². The Morgan fingerprint density at radius 2 is 1.92 bits per heavy atom. The Morgan fingerprint density at radius 1 is 1.23 bits per heavy atom. The minimum absolute atomic E-state index is 0.0581. The van der Waals surface area contributed by atoms with Crippen molar-refractivity contribution >= 4 is 22.1 Å². The molecular weight excluding hydrogens is 354 g/mol. The molecule has 0 N–H and O–H groups in total. The molecule has 0 amide bonds. The summed E-state index contributed by atoms with van der Waals surface area (Å²) in [5.41, 5.74) is 0.584. The van der Waals surface area contributed by atoms with Crippen LogP contribution in [0.3, 0.4) is 0 Å². The average Bonchev–Trinajstić information content (AvgIpc) is 2.65. The number of ether oxygens (including phenoxy) is 2. The molecule has 2 rings (SSSR count). The summed E-state index contributed by atoms with van der Waals surface area (Å²) in [7, 11) is 0.688. The molecule has 6 nitrogen and oxygen atoms in total. The molecular formula is C19H27NO5S. The zero-order valence-corrected chi connectivity index (χ0v) is 16.4. The van der Waals surface area contributed by atoms with Gasteiger partial charge in [0.25, 0.3) is 0 Å². The number of nitrogens with zero attached hydrogens (tertiary/aromatic N) is 1. The summed E-state index contributed by atoms with van der Waals surface area (Å²) in [6.45, 7) is 0.450. The van der Waals surface area contributed by atoms with Gasteiger partial charge in [0.05, 0.1) is 13.7 Å². The van der Waals surface area contributed by atoms with Gasteiger partial charge in [-0.25, -0.2) is 17.5 Å². The van der Waals surface area contributed by atoms with Crippen LogP contribution in [0.4, 0.5) is 0 Å². The third-order valence-electron chi connectivity index (χ3n) is 4.54. The van der Waals surface area contributed by atoms with E-state index in [9.17, 15) is 13.2 Å². The molecule has 1 aromatic rings. The number of esters is 1. The van der Waals surface area contributed by atoms with Crippen molar-refractivity contribution in [3.05, 3.63) is 29.8 Å². The van der Waals surface area contributed by atoms with Gasteiger partial charge in [-0.2, -0.15) is 0 Å². The SMILES string of the molecule is COc1ccc(/C=C/C(=O)OCC2CCCCC2)cc1S(=O)(=O)N(C)C. The molecule has 144 valence electrons. The zero-order valence-electron chi connectivity index (χ0n) is 15.6. The fourth-order valence-corrected chi connectivity index (χ4v) is 4.05. The van der Waals surface area contributed by atoms with E-state index in [-0.39, 0.29) is 10.6 Å². The van der Waals surface area contributed by atoms with E-state index in [0.29, 0.717) is 18.1 Å². The first-order valence-corrected chi connectivity index (χ1v) is 10.2. The molecule has 0 radical (unpaired) electrons. The maximum Gasteiger partial charge on any atom is 0.330 e. The lowest BCUT2D eigenvalue weighted by molar-refractivity contribution is -0.139. The second-order valence-electron chi connectivity index (χ2n) is 6.67. The van der Waals surface area contributed by atoms with Gasteiger partial charge in [-0.1, -0.05) is 25.3 Å². The van der Waals surface area contributed by atoms with Gasteiger partial charge >= 0.3 is 5.97 Å². The smallest absolute Gasteiger partial charge is 0.330 e. The molecule has 1 aliphatic rings. The van der Waals surface area contributed by atoms with Crippen molar-refractivity contribution in [1.82, 2.24) is 4.31 Å². The van der Waals surface area contributed by atoms with Crippen LogP contribution < -0.4 is 4.74 Å². The van der Waals surface area contributed by atoms with Gasteiger partial charge in [0.15, 0.2) is 0 Å². The molecule has 0 spiro atoms. The topological polar surface area (TPSA) is 72.9 Å². The van der Waals surface area contributed by atoms with Crippen LogP contribution in [0.1, 0.15) is 37.7 Å². The second-order valence-corrected chi connectivity index (χ2v) is 8.79. The molecule has 1 aromatic carbocycles. The van der Waals surface area contributed by atoms with Crippen LogP contribution in [0.2, 0.25) is 0 Å². The average molecular weight is 381 g/mol. The Kier molecular flexibility index (Phi) is 7.23. The lowest BCUT2D eigenvalue weighted by Gasteiger charge is -2.20. The highest BCUT2D eigenvalue weighted by Crippen LogP contribution is 2.27. The van der Waals surface area contributed by atoms with E-state index in [1.165, 1.54) is 52.6 Å². The standard InChI is InChI=1S/C19H27NO5S/c1-20(2)26(22,23)18-13-15(9-11-17(18)24-3)10-12-19(21)25-14-16-7-5-4-6-8-16/h9-13,16H,4-8,14H2,1-3H3/b12-10+. The van der Waals surface area contributed by atoms with Crippen LogP contribution in [0, 0.1) is 5.92 Å². The van der Waals surface area contributed by atoms with E-state index in [1.807, 2.05) is 0 Å². The summed E-state index contributed by atoms with van der Waals surface area (Å²) in [4.78, 5) is 12.0. The fraction of sp³-hybridized carbons (Fsp3) is 0.526. The number of carbonyl (C=O) groups excluding carboxylic acids is 1. The van der Waals surface area contributed by atoms with Crippen LogP contribution in [0.25, 0.3) is 6.08 Å². The van der Waals surface area contributed by atoms with E-state index >= 15 is 0 Å². The number of methoxy groups -OCH3 is 1. The van der Waals surface area contributed by atoms with Crippen molar-refractivity contribution in [2.24, 2.45) is 5.92 Å². The van der Waals surface area contributed by atoms with Crippen LogP contribution in [0.5, 0.6) is 5.75 Å². The molecule has 0 aliphatic heterocycles. The third kappa shape index (κ3) is 5.32. The van der Waals surface area contributed by atoms with Crippen molar-refractivity contribution < 1.29 is 22.7 Å². The quantitative estimate of drug-likeness (QED) is 0.536. The summed E-state index contributed by atoms with van der Waals surface area (Å²) in [6, 6.07) is 4.75. The number of hydrogen-bond acceptors (Lipinski definition) is 5. The molecule has 1 fully saturated rings. The molecule has 1 saturated carbocycles. The largest absolute Gasteiger partial charge is 0.495 e. The first-order chi connectivity index (χ1) is 12.3. The van der Waals surface area contributed by atoms with Gasteiger partial charge in [0.1, 0.15) is 10.6 Å². The summed E-state index contributed by atoms with van der Waals surface area (Å²) in [5.74, 6) is 0.304. The summed E-state index contributed by atoms with van der Waals surface area (Å²) < 4.78 is 36.4. The number of hydrogen-bond donors (Lipinski definition) is 0. The normalized spacial score (nSPS) is 16.2. The lowest BCUT2D eigenvalue weighted by atomic mass is 9.90. The number of carbonyl (C=O) groups is 1. The van der Waals surface area contributed by atoms with Gasteiger partial charge in [0.2, 0.25) is 10.0 Å². The molecule has 1 aliphatic carbocycles. The number of rotatable bonds is 7. The first kappa shape index (κ1) is 20.5. The maximum atomic E-state index is 12.4. The van der Waals surface area contributed by atoms with Crippen LogP contribution in [-0.4, -0.2) is 46.5 Å². The summed E-state index contributed by atoms with van der Waals surface area (Å²) in [6.07, 6.45) is 8.77. The number of benzene rings is 1. The van der Waals surface area contributed by atoms with E-state index in [2.05, 4.69) is 0 Å². The Hall–Kier alpha value is -1.86. The van der Waals surface area contributed by atoms with Crippen LogP contribution in [0.15, 0.2) is 29.2 Å². The molecule has 0 atom stereocenters. The molecule has 26 heavy (non-hydrogen) atoms. The molecule has 0 bridgehead atoms. The van der Waals surface area contributed by atoms with Crippen LogP contribution in [-0.2, 0) is 19.6 Å². The highest BCUT2D eigenvalue weighted by molar-refractivity contribution is 7.89. The van der Waals surface area contributed by atoms with Gasteiger partial charge < -0.3 is 9.47 Å². The van der Waals surface area contributed by atoms with Crippen molar-refractivity contribution in [2.75, 3.05) is 27.8 Å². The predicted molar refractivity (Wildman–Crippen MR) is 100 cm³/mol. The van der Waals surface area contributed by atoms with Crippen molar-refractivity contribution in [3.63, 3.8) is 0 Å². The monoisotopic (exact) mass is 381 g/mol. The Bertz CT molecular complexity index is 749. The highest BCUT2D eigenvalue weighted by atomic mass is 32.2. The summed E-state index contributed by atoms with van der Waals surface area (Å²) in [5, 5.41) is 0. The summed E-state index contributed by atoms with van der Waals surface area (Å²) >= 11 is 0. The van der Waals surface area contributed by atoms with Gasteiger partial charge in [0, 0.05) is 20.2 Å². The third-order valence-corrected chi connectivity index (χ3v) is 6.38. The number of sulfonamides is 1. The van der Waals surface area contributed by atoms with E-state index in [0.717, 1.165) is 17.1 Å². The molecule has 0 saturated heterocycles. The first-order valence-electron chi connectivity index (χ1n) is 8.80. The van der Waals surface area contributed by atoms with Crippen LogP contribution >= 0.6 is 0 Å². The Balaban J connectivity index is 2.06. The zero-order chi connectivity index (χ0) is 19.2. The minimum Gasteiger partial charge on any atom is -0.495 e. The minimum atomic E-state index is -3.65. The molecule has 0 heterocycles. The predicted octanol–water partition coefficient (Wildman–Crippen LogP) is 3.08. The molecule has 0 aromatic heterocycles. The second kappa shape index (κ2) is 9.19. The van der Waals surface area contributed by atoms with Crippen molar-refractivity contribution in [3.8, 4) is 5.75 Å². The van der Waals surface area contributed by atoms with E-state index in [4.69, 9.17) is 9.47 Å². The molecule has 7 heteroatoms. The van der Waals surface area contributed by atoms with Gasteiger partial charge in [-0.15, -0.1) is 0 Å². The van der Waals surface area contributed by atoms with E-state index < -0.39 is 16.0 Å². The maximum absolute atomic E-state index is 12.4. The van der Waals surface area contributed by atoms with Gasteiger partial charge in [-0.3, -0.25) is 0 Å². The highest BCUT2D eigenvalue weighted by Gasteiger charge is 2.22. The molecule has 0 unspecified atom stereocenters. The fourth-order valence-electron chi connectivity index (χ4n) is 2.96. The Labute approximate surface area is 155 Å². The van der Waals surface area contributed by atoms with Gasteiger partial charge in [-0.05, 0) is 42.5 Å². The lowest BCUT2D eigenvalue weighted by Crippen LogP contribution is -2.22.